The predicted octanol–water partition coefficient (Wildman–Crippen LogP) is 6.99. The summed E-state index contributed by atoms with van der Waals surface area (Å²) in [5.74, 6) is 0.605. The smallest absolute Gasteiger partial charge is 0.163 e. The molecule has 5 rings (SSSR count). The molecule has 0 bridgehead atoms. The molecule has 0 amide bonds. The lowest BCUT2D eigenvalue weighted by molar-refractivity contribution is 0.00729. The molecule has 1 aliphatic carbocycles. The average Bonchev–Trinajstić information content (AvgIpc) is 3.38. The van der Waals surface area contributed by atoms with E-state index in [0.29, 0.717) is 5.92 Å². The van der Waals surface area contributed by atoms with Crippen molar-refractivity contribution in [1.29, 1.82) is 0 Å². The van der Waals surface area contributed by atoms with Crippen LogP contribution in [0.4, 0.5) is 0 Å². The van der Waals surface area contributed by atoms with Crippen LogP contribution in [0, 0.1) is 13.8 Å². The number of morpholine rings is 1. The molecule has 1 saturated carbocycles. The molecule has 3 aromatic heterocycles. The number of fused-ring (bicyclic) bond motifs is 1. The molecule has 2 fully saturated rings. The van der Waals surface area contributed by atoms with Crippen LogP contribution in [0.1, 0.15) is 68.5 Å². The van der Waals surface area contributed by atoms with Crippen molar-refractivity contribution in [3.05, 3.63) is 34.6 Å². The van der Waals surface area contributed by atoms with Crippen LogP contribution in [0.5, 0.6) is 0 Å². The Labute approximate surface area is 216 Å². The molecule has 4 heterocycles. The van der Waals surface area contributed by atoms with Crippen molar-refractivity contribution in [2.75, 3.05) is 26.3 Å². The molecule has 0 atom stereocenters. The third kappa shape index (κ3) is 4.65. The van der Waals surface area contributed by atoms with E-state index < -0.39 is 8.24 Å². The van der Waals surface area contributed by atoms with Crippen LogP contribution in [-0.4, -0.2) is 59.7 Å². The van der Waals surface area contributed by atoms with E-state index in [4.69, 9.17) is 14.7 Å². The second-order valence-electron chi connectivity index (χ2n) is 12.2. The van der Waals surface area contributed by atoms with Gasteiger partial charge >= 0.3 is 0 Å². The fraction of sp³-hybridized carbons (Fsp3) is 0.643. The lowest BCUT2D eigenvalue weighted by atomic mass is 9.81. The molecule has 0 N–H and O–H groups in total. The van der Waals surface area contributed by atoms with Gasteiger partial charge in [0.2, 0.25) is 0 Å². The topological polar surface area (TPSA) is 43.2 Å². The average molecular weight is 511 g/mol. The highest BCUT2D eigenvalue weighted by molar-refractivity contribution is 7.15. The van der Waals surface area contributed by atoms with E-state index in [1.165, 1.54) is 47.1 Å². The minimum atomic E-state index is -1.83. The molecule has 0 radical (unpaired) electrons. The molecule has 0 unspecified atom stereocenters. The summed E-state index contributed by atoms with van der Waals surface area (Å²) in [6.07, 6.45) is 9.64. The van der Waals surface area contributed by atoms with Crippen molar-refractivity contribution >= 4 is 30.6 Å². The van der Waals surface area contributed by atoms with Crippen LogP contribution < -0.4 is 0 Å². The highest BCUT2D eigenvalue weighted by Crippen LogP contribution is 2.43. The van der Waals surface area contributed by atoms with E-state index in [1.807, 2.05) is 11.3 Å². The standard InChI is InChI=1S/C28H42N4OSSi/c1-19-20(2)34-27(30-19)25-18-32(35(6,7)28(3,4)5)26-24(25)16-22(17-29-26)21-8-10-23(11-9-21)31-12-14-33-15-13-31/h16-18,21,23H,8-15H2,1-7H3. The van der Waals surface area contributed by atoms with Crippen molar-refractivity contribution in [1.82, 2.24) is 19.1 Å². The van der Waals surface area contributed by atoms with E-state index in [0.717, 1.165) is 48.7 Å². The zero-order valence-electron chi connectivity index (χ0n) is 22.6. The van der Waals surface area contributed by atoms with Crippen LogP contribution >= 0.6 is 11.3 Å². The van der Waals surface area contributed by atoms with Crippen LogP contribution in [0.15, 0.2) is 18.5 Å². The number of hydrogen-bond donors (Lipinski definition) is 0. The van der Waals surface area contributed by atoms with Gasteiger partial charge < -0.3 is 8.97 Å². The number of hydrogen-bond acceptors (Lipinski definition) is 5. The number of aromatic nitrogens is 3. The fourth-order valence-corrected chi connectivity index (χ4v) is 8.43. The van der Waals surface area contributed by atoms with Gasteiger partial charge in [-0.25, -0.2) is 9.97 Å². The van der Waals surface area contributed by atoms with Gasteiger partial charge in [0.15, 0.2) is 8.24 Å². The molecule has 2 aliphatic rings. The summed E-state index contributed by atoms with van der Waals surface area (Å²) in [5.41, 5.74) is 4.96. The van der Waals surface area contributed by atoms with Gasteiger partial charge in [-0.1, -0.05) is 33.9 Å². The van der Waals surface area contributed by atoms with Crippen molar-refractivity contribution < 1.29 is 4.74 Å². The quantitative estimate of drug-likeness (QED) is 0.355. The maximum absolute atomic E-state index is 5.57. The Bertz CT molecular complexity index is 1170. The highest BCUT2D eigenvalue weighted by Gasteiger charge is 2.39. The van der Waals surface area contributed by atoms with E-state index >= 15 is 0 Å². The first-order chi connectivity index (χ1) is 16.6. The first-order valence-electron chi connectivity index (χ1n) is 13.3. The van der Waals surface area contributed by atoms with Crippen LogP contribution in [0.3, 0.4) is 0 Å². The normalized spacial score (nSPS) is 22.7. The van der Waals surface area contributed by atoms with E-state index in [9.17, 15) is 0 Å². The van der Waals surface area contributed by atoms with Gasteiger partial charge in [-0.3, -0.25) is 4.90 Å². The van der Waals surface area contributed by atoms with E-state index in [2.05, 4.69) is 75.3 Å². The fourth-order valence-electron chi connectivity index (χ4n) is 5.61. The second kappa shape index (κ2) is 9.40. The number of thiazole rings is 1. The Hall–Kier alpha value is -1.54. The molecule has 35 heavy (non-hydrogen) atoms. The molecule has 3 aromatic rings. The number of aryl methyl sites for hydroxylation is 2. The summed E-state index contributed by atoms with van der Waals surface area (Å²) < 4.78 is 8.12. The minimum Gasteiger partial charge on any atom is -0.379 e. The first-order valence-corrected chi connectivity index (χ1v) is 17.1. The lowest BCUT2D eigenvalue weighted by Crippen LogP contribution is -2.45. The summed E-state index contributed by atoms with van der Waals surface area (Å²) in [5, 5.41) is 2.65. The van der Waals surface area contributed by atoms with Crippen LogP contribution in [0.25, 0.3) is 21.6 Å². The van der Waals surface area contributed by atoms with Crippen molar-refractivity contribution in [3.63, 3.8) is 0 Å². The molecule has 1 aliphatic heterocycles. The first kappa shape index (κ1) is 25.1. The molecule has 7 heteroatoms. The molecule has 0 spiro atoms. The zero-order valence-corrected chi connectivity index (χ0v) is 24.5. The number of nitrogens with zero attached hydrogens (tertiary/aromatic N) is 4. The second-order valence-corrected chi connectivity index (χ2v) is 18.5. The lowest BCUT2D eigenvalue weighted by Gasteiger charge is -2.39. The van der Waals surface area contributed by atoms with Gasteiger partial charge in [0.25, 0.3) is 0 Å². The Morgan fingerprint density at radius 3 is 2.34 bits per heavy atom. The summed E-state index contributed by atoms with van der Waals surface area (Å²) >= 11 is 1.82. The van der Waals surface area contributed by atoms with Crippen molar-refractivity contribution in [2.45, 2.75) is 90.4 Å². The summed E-state index contributed by atoms with van der Waals surface area (Å²) in [6, 6.07) is 3.19. The Morgan fingerprint density at radius 1 is 1.06 bits per heavy atom. The molecular formula is C28H42N4OSSi. The van der Waals surface area contributed by atoms with Gasteiger partial charge in [-0.05, 0) is 62.1 Å². The van der Waals surface area contributed by atoms with Gasteiger partial charge in [0.1, 0.15) is 10.7 Å². The van der Waals surface area contributed by atoms with E-state index in [1.54, 1.807) is 0 Å². The Balaban J connectivity index is 1.50. The number of pyridine rings is 1. The summed E-state index contributed by atoms with van der Waals surface area (Å²) in [6.45, 7) is 20.4. The summed E-state index contributed by atoms with van der Waals surface area (Å²) in [7, 11) is -1.83. The minimum absolute atomic E-state index is 0.225. The van der Waals surface area contributed by atoms with Crippen molar-refractivity contribution in [2.24, 2.45) is 0 Å². The highest BCUT2D eigenvalue weighted by atomic mass is 32.1. The maximum atomic E-state index is 5.57. The van der Waals surface area contributed by atoms with E-state index in [-0.39, 0.29) is 5.04 Å². The van der Waals surface area contributed by atoms with Crippen LogP contribution in [-0.2, 0) is 4.74 Å². The molecule has 1 saturated heterocycles. The van der Waals surface area contributed by atoms with Gasteiger partial charge in [0, 0.05) is 47.4 Å². The SMILES string of the molecule is Cc1nc(-c2cn([Si](C)(C)C(C)(C)C)c3ncc(C4CCC(N5CCOCC5)CC4)cc23)sc1C. The summed E-state index contributed by atoms with van der Waals surface area (Å²) in [4.78, 5) is 14.1. The van der Waals surface area contributed by atoms with Gasteiger partial charge in [0.05, 0.1) is 18.9 Å². The molecule has 0 aromatic carbocycles. The number of ether oxygens (including phenoxy) is 1. The van der Waals surface area contributed by atoms with Crippen LogP contribution in [0.2, 0.25) is 18.1 Å². The maximum Gasteiger partial charge on any atom is 0.163 e. The largest absolute Gasteiger partial charge is 0.379 e. The Kier molecular flexibility index (Phi) is 6.75. The van der Waals surface area contributed by atoms with Gasteiger partial charge in [-0.2, -0.15) is 0 Å². The monoisotopic (exact) mass is 510 g/mol. The molecule has 190 valence electrons. The van der Waals surface area contributed by atoms with Gasteiger partial charge in [-0.15, -0.1) is 11.3 Å². The molecule has 5 nitrogen and oxygen atoms in total. The third-order valence-corrected chi connectivity index (χ3v) is 15.4. The Morgan fingerprint density at radius 2 is 1.74 bits per heavy atom. The number of rotatable bonds is 4. The van der Waals surface area contributed by atoms with Crippen molar-refractivity contribution in [3.8, 4) is 10.6 Å². The predicted molar refractivity (Wildman–Crippen MR) is 150 cm³/mol. The zero-order chi connectivity index (χ0) is 25.0. The third-order valence-electron chi connectivity index (χ3n) is 9.09. The molecular weight excluding hydrogens is 468 g/mol.